The van der Waals surface area contributed by atoms with E-state index in [9.17, 15) is 19.3 Å². The molecule has 0 fully saturated rings. The number of halogens is 1. The Morgan fingerprint density at radius 3 is 2.62 bits per heavy atom. The topological polar surface area (TPSA) is 107 Å². The van der Waals surface area contributed by atoms with Crippen LogP contribution in [0.15, 0.2) is 53.7 Å². The lowest BCUT2D eigenvalue weighted by Gasteiger charge is -2.18. The highest BCUT2D eigenvalue weighted by Gasteiger charge is 2.23. The fourth-order valence-electron chi connectivity index (χ4n) is 2.94. The van der Waals surface area contributed by atoms with Gasteiger partial charge < -0.3 is 10.2 Å². The molecule has 0 bridgehead atoms. The number of amides is 1. The molecule has 1 atom stereocenters. The fraction of sp³-hybridized carbons (Fsp3) is 0.286. The van der Waals surface area contributed by atoms with Gasteiger partial charge in [-0.2, -0.15) is 0 Å². The first-order valence-corrected chi connectivity index (χ1v) is 10.9. The minimum absolute atomic E-state index is 0.0573. The van der Waals surface area contributed by atoms with Crippen LogP contribution < -0.4 is 10.2 Å². The number of benzene rings is 2. The predicted octanol–water partition coefficient (Wildman–Crippen LogP) is 2.31. The molecule has 1 heterocycles. The maximum Gasteiger partial charge on any atom is 0.271 e. The molecule has 0 unspecified atom stereocenters. The van der Waals surface area contributed by atoms with Gasteiger partial charge in [0.15, 0.2) is 11.0 Å². The summed E-state index contributed by atoms with van der Waals surface area (Å²) in [4.78, 5) is 23.8. The molecule has 0 saturated heterocycles. The Hall–Kier alpha value is -3.31. The van der Waals surface area contributed by atoms with E-state index in [0.29, 0.717) is 11.7 Å². The number of hydrogen-bond acceptors (Lipinski definition) is 6. The Bertz CT molecular complexity index is 1110. The molecule has 3 rings (SSSR count). The van der Waals surface area contributed by atoms with Gasteiger partial charge in [0.2, 0.25) is 5.91 Å². The van der Waals surface area contributed by atoms with Gasteiger partial charge in [0.1, 0.15) is 11.9 Å². The lowest BCUT2D eigenvalue weighted by Crippen LogP contribution is -3.05. The molecule has 0 aliphatic rings. The van der Waals surface area contributed by atoms with Gasteiger partial charge in [-0.05, 0) is 18.6 Å². The van der Waals surface area contributed by atoms with Crippen molar-refractivity contribution in [3.05, 3.63) is 75.9 Å². The summed E-state index contributed by atoms with van der Waals surface area (Å²) in [5.74, 6) is -0.512. The summed E-state index contributed by atoms with van der Waals surface area (Å²) >= 11 is 1.17. The van der Waals surface area contributed by atoms with E-state index in [0.717, 1.165) is 29.6 Å². The van der Waals surface area contributed by atoms with E-state index in [4.69, 9.17) is 0 Å². The summed E-state index contributed by atoms with van der Waals surface area (Å²) in [5.41, 5.74) is 0.530. The van der Waals surface area contributed by atoms with Crippen molar-refractivity contribution in [1.29, 1.82) is 0 Å². The summed E-state index contributed by atoms with van der Waals surface area (Å²) in [7, 11) is 4.06. The molecular weight excluding hydrogens is 435 g/mol. The van der Waals surface area contributed by atoms with Crippen LogP contribution in [0.4, 0.5) is 15.8 Å². The zero-order valence-corrected chi connectivity index (χ0v) is 18.7. The molecule has 168 valence electrons. The Morgan fingerprint density at radius 2 is 1.97 bits per heavy atom. The molecule has 0 radical (unpaired) electrons. The molecule has 0 aliphatic carbocycles. The zero-order valence-electron chi connectivity index (χ0n) is 17.9. The van der Waals surface area contributed by atoms with Gasteiger partial charge in [-0.3, -0.25) is 19.5 Å². The maximum atomic E-state index is 14.0. The van der Waals surface area contributed by atoms with Gasteiger partial charge in [0.05, 0.1) is 37.0 Å². The van der Waals surface area contributed by atoms with E-state index in [1.807, 2.05) is 55.9 Å². The van der Waals surface area contributed by atoms with Crippen LogP contribution in [-0.2, 0) is 11.3 Å². The number of thioether (sulfide) groups is 1. The van der Waals surface area contributed by atoms with E-state index < -0.39 is 16.6 Å². The van der Waals surface area contributed by atoms with E-state index in [1.54, 1.807) is 0 Å². The van der Waals surface area contributed by atoms with Crippen molar-refractivity contribution >= 4 is 29.0 Å². The molecule has 1 aromatic heterocycles. The molecule has 2 aromatic carbocycles. The SMILES string of the molecule is C[C@@H](c1nnc(SCC(=O)Nc2cc([N+](=O)[O-])ccc2F)n1Cc1ccccc1)[NH+](C)C. The first-order valence-electron chi connectivity index (χ1n) is 9.90. The average Bonchev–Trinajstić information content (AvgIpc) is 3.16. The first-order chi connectivity index (χ1) is 15.3. The monoisotopic (exact) mass is 459 g/mol. The Kier molecular flexibility index (Phi) is 7.54. The van der Waals surface area contributed by atoms with E-state index >= 15 is 0 Å². The van der Waals surface area contributed by atoms with Crippen LogP contribution in [0, 0.1) is 15.9 Å². The Morgan fingerprint density at radius 1 is 1.25 bits per heavy atom. The van der Waals surface area contributed by atoms with Gasteiger partial charge in [-0.15, -0.1) is 10.2 Å². The number of aromatic nitrogens is 3. The molecule has 3 aromatic rings. The molecule has 9 nitrogen and oxygen atoms in total. The van der Waals surface area contributed by atoms with Crippen molar-refractivity contribution < 1.29 is 19.0 Å². The summed E-state index contributed by atoms with van der Waals surface area (Å²) in [6, 6.07) is 12.9. The van der Waals surface area contributed by atoms with Gasteiger partial charge in [0.25, 0.3) is 5.69 Å². The van der Waals surface area contributed by atoms with Crippen molar-refractivity contribution in [1.82, 2.24) is 14.8 Å². The van der Waals surface area contributed by atoms with Gasteiger partial charge in [0, 0.05) is 12.1 Å². The van der Waals surface area contributed by atoms with Gasteiger partial charge in [-0.25, -0.2) is 4.39 Å². The number of nitro benzene ring substituents is 1. The maximum absolute atomic E-state index is 14.0. The van der Waals surface area contributed by atoms with Crippen molar-refractivity contribution in [3.8, 4) is 0 Å². The molecule has 2 N–H and O–H groups in total. The first kappa shape index (κ1) is 23.4. The average molecular weight is 460 g/mol. The molecule has 0 saturated carbocycles. The van der Waals surface area contributed by atoms with Crippen LogP contribution in [-0.4, -0.2) is 45.4 Å². The molecule has 0 spiro atoms. The van der Waals surface area contributed by atoms with Crippen molar-refractivity contribution in [3.63, 3.8) is 0 Å². The lowest BCUT2D eigenvalue weighted by molar-refractivity contribution is -0.890. The third-order valence-corrected chi connectivity index (χ3v) is 5.92. The number of nitrogens with one attached hydrogen (secondary N) is 2. The van der Waals surface area contributed by atoms with Crippen LogP contribution >= 0.6 is 11.8 Å². The second-order valence-electron chi connectivity index (χ2n) is 7.47. The van der Waals surface area contributed by atoms with Crippen LogP contribution in [0.3, 0.4) is 0 Å². The largest absolute Gasteiger partial charge is 0.331 e. The molecular formula is C21H24FN6O3S+. The zero-order chi connectivity index (χ0) is 23.3. The van der Waals surface area contributed by atoms with E-state index in [-0.39, 0.29) is 23.2 Å². The standard InChI is InChI=1S/C21H23FN6O3S/c1-14(26(2)3)20-24-25-21(27(20)12-15-7-5-4-6-8-15)32-13-19(29)23-18-11-16(28(30)31)9-10-17(18)22/h4-11,14H,12-13H2,1-3H3,(H,23,29)/p+1/t14-/m0/s1. The minimum atomic E-state index is -0.744. The molecule has 0 aliphatic heterocycles. The van der Waals surface area contributed by atoms with Crippen LogP contribution in [0.5, 0.6) is 0 Å². The number of carbonyl (C=O) groups is 1. The fourth-order valence-corrected chi connectivity index (χ4v) is 3.68. The summed E-state index contributed by atoms with van der Waals surface area (Å²) in [6.45, 7) is 2.59. The second kappa shape index (κ2) is 10.3. The second-order valence-corrected chi connectivity index (χ2v) is 8.41. The highest BCUT2D eigenvalue weighted by molar-refractivity contribution is 7.99. The van der Waals surface area contributed by atoms with E-state index in [2.05, 4.69) is 15.5 Å². The Labute approximate surface area is 188 Å². The van der Waals surface area contributed by atoms with Crippen LogP contribution in [0.1, 0.15) is 24.4 Å². The number of non-ortho nitro benzene ring substituents is 1. The van der Waals surface area contributed by atoms with Crippen LogP contribution in [0.25, 0.3) is 0 Å². The highest BCUT2D eigenvalue weighted by Crippen LogP contribution is 2.24. The number of quaternary nitrogens is 1. The van der Waals surface area contributed by atoms with Crippen molar-refractivity contribution in [2.45, 2.75) is 24.7 Å². The quantitative estimate of drug-likeness (QED) is 0.289. The van der Waals surface area contributed by atoms with Crippen LogP contribution in [0.2, 0.25) is 0 Å². The number of nitro groups is 1. The molecule has 32 heavy (non-hydrogen) atoms. The van der Waals surface area contributed by atoms with Crippen molar-refractivity contribution in [2.75, 3.05) is 25.2 Å². The number of nitrogens with zero attached hydrogens (tertiary/aromatic N) is 4. The number of rotatable bonds is 9. The third-order valence-electron chi connectivity index (χ3n) is 4.95. The summed E-state index contributed by atoms with van der Waals surface area (Å²) in [6.07, 6.45) is 0. The van der Waals surface area contributed by atoms with Gasteiger partial charge in [-0.1, -0.05) is 42.1 Å². The Balaban J connectivity index is 1.76. The number of carbonyl (C=O) groups excluding carboxylic acids is 1. The summed E-state index contributed by atoms with van der Waals surface area (Å²) < 4.78 is 15.9. The number of anilines is 1. The third kappa shape index (κ3) is 5.68. The normalized spacial score (nSPS) is 12.0. The molecule has 1 amide bonds. The lowest BCUT2D eigenvalue weighted by atomic mass is 10.2. The summed E-state index contributed by atoms with van der Waals surface area (Å²) in [5, 5.41) is 22.5. The highest BCUT2D eigenvalue weighted by atomic mass is 32.2. The van der Waals surface area contributed by atoms with E-state index in [1.165, 1.54) is 16.7 Å². The minimum Gasteiger partial charge on any atom is -0.331 e. The predicted molar refractivity (Wildman–Crippen MR) is 119 cm³/mol. The van der Waals surface area contributed by atoms with Gasteiger partial charge >= 0.3 is 0 Å². The molecule has 11 heteroatoms. The van der Waals surface area contributed by atoms with Crippen molar-refractivity contribution in [2.24, 2.45) is 0 Å². The smallest absolute Gasteiger partial charge is 0.271 e. The number of hydrogen-bond donors (Lipinski definition) is 2.